The number of alkyl halides is 6. The average molecular weight is 461 g/mol. The number of benzene rings is 2. The van der Waals surface area contributed by atoms with Gasteiger partial charge in [-0.15, -0.1) is 0 Å². The van der Waals surface area contributed by atoms with Crippen molar-refractivity contribution in [1.82, 2.24) is 0 Å². The second kappa shape index (κ2) is 8.49. The Hall–Kier alpha value is -2.47. The predicted octanol–water partition coefficient (Wildman–Crippen LogP) is 5.17. The van der Waals surface area contributed by atoms with E-state index in [0.29, 0.717) is 5.56 Å². The summed E-state index contributed by atoms with van der Waals surface area (Å²) in [5.41, 5.74) is -6.60. The summed E-state index contributed by atoms with van der Waals surface area (Å²) in [6.45, 7) is -0.237. The van der Waals surface area contributed by atoms with Gasteiger partial charge in [-0.1, -0.05) is 28.9 Å². The van der Waals surface area contributed by atoms with Crippen LogP contribution in [0.5, 0.6) is 0 Å². The number of hydrogen-bond donors (Lipinski definition) is 1. The molecule has 2 aromatic rings. The van der Waals surface area contributed by atoms with E-state index < -0.39 is 33.0 Å². The number of oxime groups is 1. The molecule has 1 N–H and O–H groups in total. The highest BCUT2D eigenvalue weighted by Gasteiger charge is 2.46. The quantitative estimate of drug-likeness (QED) is 0.367. The highest BCUT2D eigenvalue weighted by molar-refractivity contribution is 7.93. The first-order valence-electron chi connectivity index (χ1n) is 7.50. The Bertz CT molecular complexity index is 989. The maximum atomic E-state index is 12.5. The van der Waals surface area contributed by atoms with E-state index in [1.54, 1.807) is 0 Å². The van der Waals surface area contributed by atoms with E-state index in [1.807, 2.05) is 0 Å². The molecule has 13 heteroatoms. The van der Waals surface area contributed by atoms with E-state index in [1.165, 1.54) is 16.9 Å². The van der Waals surface area contributed by atoms with Gasteiger partial charge in [-0.05, 0) is 35.9 Å². The molecule has 0 amide bonds. The van der Waals surface area contributed by atoms with E-state index in [0.717, 1.165) is 36.5 Å². The van der Waals surface area contributed by atoms with Crippen molar-refractivity contribution in [2.45, 2.75) is 18.3 Å². The van der Waals surface area contributed by atoms with Gasteiger partial charge in [-0.2, -0.15) is 34.8 Å². The highest BCUT2D eigenvalue weighted by atomic mass is 35.5. The molecular formula is C16H11ClF6N2O3S. The maximum Gasteiger partial charge on any atom is 0.516 e. The summed E-state index contributed by atoms with van der Waals surface area (Å²) in [4.78, 5) is 4.89. The third-order valence-electron chi connectivity index (χ3n) is 3.34. The zero-order valence-electron chi connectivity index (χ0n) is 14.1. The third kappa shape index (κ3) is 6.26. The Morgan fingerprint density at radius 2 is 1.66 bits per heavy atom. The normalized spacial score (nSPS) is 12.9. The molecule has 5 nitrogen and oxygen atoms in total. The van der Waals surface area contributed by atoms with Crippen molar-refractivity contribution in [3.05, 3.63) is 64.2 Å². The molecule has 2 rings (SSSR count). The van der Waals surface area contributed by atoms with Crippen molar-refractivity contribution in [1.29, 1.82) is 0 Å². The predicted molar refractivity (Wildman–Crippen MR) is 93.9 cm³/mol. The van der Waals surface area contributed by atoms with Gasteiger partial charge in [0.1, 0.15) is 6.61 Å². The SMILES string of the molecule is O=S(=O)(Nc1ccc(Cl)cc1C=NOCc1ccc(C(F)(F)F)cc1)C(F)(F)F. The minimum atomic E-state index is -5.66. The summed E-state index contributed by atoms with van der Waals surface area (Å²) in [6, 6.07) is 7.34. The fourth-order valence-electron chi connectivity index (χ4n) is 1.93. The lowest BCUT2D eigenvalue weighted by atomic mass is 10.1. The van der Waals surface area contributed by atoms with Gasteiger partial charge >= 0.3 is 21.7 Å². The molecule has 0 bridgehead atoms. The first-order valence-corrected chi connectivity index (χ1v) is 9.36. The molecule has 0 radical (unpaired) electrons. The molecule has 0 heterocycles. The maximum absolute atomic E-state index is 12.5. The van der Waals surface area contributed by atoms with Crippen molar-refractivity contribution in [2.75, 3.05) is 4.72 Å². The Balaban J connectivity index is 2.10. The molecule has 0 unspecified atom stereocenters. The molecule has 158 valence electrons. The van der Waals surface area contributed by atoms with Crippen LogP contribution in [0.2, 0.25) is 5.02 Å². The molecule has 0 atom stereocenters. The van der Waals surface area contributed by atoms with Crippen LogP contribution in [0, 0.1) is 0 Å². The van der Waals surface area contributed by atoms with Crippen LogP contribution in [0.25, 0.3) is 0 Å². The number of halogens is 7. The molecule has 29 heavy (non-hydrogen) atoms. The number of anilines is 1. The van der Waals surface area contributed by atoms with Crippen molar-refractivity contribution in [3.8, 4) is 0 Å². The smallest absolute Gasteiger partial charge is 0.391 e. The van der Waals surface area contributed by atoms with Crippen molar-refractivity contribution in [2.24, 2.45) is 5.16 Å². The van der Waals surface area contributed by atoms with Crippen molar-refractivity contribution in [3.63, 3.8) is 0 Å². The lowest BCUT2D eigenvalue weighted by molar-refractivity contribution is -0.137. The average Bonchev–Trinajstić information content (AvgIpc) is 2.59. The zero-order valence-corrected chi connectivity index (χ0v) is 15.6. The van der Waals surface area contributed by atoms with Gasteiger partial charge in [0.25, 0.3) is 0 Å². The molecule has 0 spiro atoms. The molecule has 2 aromatic carbocycles. The van der Waals surface area contributed by atoms with Crippen LogP contribution in [0.15, 0.2) is 47.6 Å². The van der Waals surface area contributed by atoms with Crippen LogP contribution in [0.3, 0.4) is 0 Å². The Morgan fingerprint density at radius 3 is 2.21 bits per heavy atom. The van der Waals surface area contributed by atoms with Crippen LogP contribution < -0.4 is 4.72 Å². The van der Waals surface area contributed by atoms with Crippen LogP contribution in [0.1, 0.15) is 16.7 Å². The summed E-state index contributed by atoms with van der Waals surface area (Å²) in [5, 5.41) is 3.57. The molecular weight excluding hydrogens is 450 g/mol. The fourth-order valence-corrected chi connectivity index (χ4v) is 2.70. The van der Waals surface area contributed by atoms with Gasteiger partial charge in [0.15, 0.2) is 0 Å². The number of nitrogens with zero attached hydrogens (tertiary/aromatic N) is 1. The van der Waals surface area contributed by atoms with Crippen LogP contribution in [0.4, 0.5) is 32.0 Å². The van der Waals surface area contributed by atoms with Crippen LogP contribution >= 0.6 is 11.6 Å². The van der Waals surface area contributed by atoms with E-state index in [-0.39, 0.29) is 17.2 Å². The first kappa shape index (κ1) is 22.8. The second-order valence-electron chi connectivity index (χ2n) is 5.49. The Kier molecular flexibility index (Phi) is 6.68. The van der Waals surface area contributed by atoms with Gasteiger partial charge < -0.3 is 4.84 Å². The summed E-state index contributed by atoms with van der Waals surface area (Å²) in [5.74, 6) is 0. The van der Waals surface area contributed by atoms with E-state index >= 15 is 0 Å². The lowest BCUT2D eigenvalue weighted by Gasteiger charge is -2.12. The standard InChI is InChI=1S/C16H11ClF6N2O3S/c17-13-5-6-14(25-29(26,27)16(21,22)23)11(7-13)8-24-28-9-10-1-3-12(4-2-10)15(18,19)20/h1-8,25H,9H2. The van der Waals surface area contributed by atoms with Gasteiger partial charge in [-0.25, -0.2) is 0 Å². The molecule has 0 aliphatic carbocycles. The molecule has 0 aliphatic rings. The molecule has 0 fully saturated rings. The monoisotopic (exact) mass is 460 g/mol. The summed E-state index contributed by atoms with van der Waals surface area (Å²) in [7, 11) is -5.66. The minimum Gasteiger partial charge on any atom is -0.391 e. The lowest BCUT2D eigenvalue weighted by Crippen LogP contribution is -2.30. The zero-order chi connectivity index (χ0) is 21.9. The number of rotatable bonds is 6. The van der Waals surface area contributed by atoms with E-state index in [9.17, 15) is 34.8 Å². The van der Waals surface area contributed by atoms with Gasteiger partial charge in [0, 0.05) is 10.6 Å². The second-order valence-corrected chi connectivity index (χ2v) is 7.60. The van der Waals surface area contributed by atoms with Crippen LogP contribution in [-0.2, 0) is 27.6 Å². The molecule has 0 saturated heterocycles. The van der Waals surface area contributed by atoms with Crippen molar-refractivity contribution < 1.29 is 39.6 Å². The molecule has 0 saturated carbocycles. The topological polar surface area (TPSA) is 67.8 Å². The first-order chi connectivity index (χ1) is 13.3. The fraction of sp³-hybridized carbons (Fsp3) is 0.188. The van der Waals surface area contributed by atoms with Gasteiger partial charge in [0.2, 0.25) is 0 Å². The minimum absolute atomic E-state index is 0.0872. The Morgan fingerprint density at radius 1 is 1.03 bits per heavy atom. The highest BCUT2D eigenvalue weighted by Crippen LogP contribution is 2.29. The van der Waals surface area contributed by atoms with Crippen LogP contribution in [-0.4, -0.2) is 20.1 Å². The van der Waals surface area contributed by atoms with Crippen molar-refractivity contribution >= 4 is 33.5 Å². The number of sulfonamides is 1. The van der Waals surface area contributed by atoms with Gasteiger partial charge in [-0.3, -0.25) is 4.72 Å². The largest absolute Gasteiger partial charge is 0.516 e. The summed E-state index contributed by atoms with van der Waals surface area (Å²) < 4.78 is 98.9. The summed E-state index contributed by atoms with van der Waals surface area (Å²) >= 11 is 5.74. The Labute approximate surface area is 166 Å². The molecule has 0 aromatic heterocycles. The van der Waals surface area contributed by atoms with E-state index in [4.69, 9.17) is 16.4 Å². The number of hydrogen-bond acceptors (Lipinski definition) is 4. The van der Waals surface area contributed by atoms with Gasteiger partial charge in [0.05, 0.1) is 17.5 Å². The third-order valence-corrected chi connectivity index (χ3v) is 4.67. The molecule has 0 aliphatic heterocycles. The van der Waals surface area contributed by atoms with E-state index in [2.05, 4.69) is 5.16 Å². The number of nitrogens with one attached hydrogen (secondary N) is 1. The summed E-state index contributed by atoms with van der Waals surface area (Å²) in [6.07, 6.45) is -3.57.